The third-order valence-electron chi connectivity index (χ3n) is 3.93. The third kappa shape index (κ3) is 3.80. The lowest BCUT2D eigenvalue weighted by Crippen LogP contribution is -2.28. The van der Waals surface area contributed by atoms with Crippen LogP contribution < -0.4 is 0 Å². The molecule has 1 aliphatic rings. The number of amides is 2. The molecule has 2 aromatic rings. The Labute approximate surface area is 156 Å². The molecule has 136 valence electrons. The van der Waals surface area contributed by atoms with E-state index in [2.05, 4.69) is 36.3 Å². The highest BCUT2D eigenvalue weighted by Crippen LogP contribution is 2.31. The summed E-state index contributed by atoms with van der Waals surface area (Å²) in [4.78, 5) is 27.8. The number of thioether (sulfide) groups is 1. The zero-order chi connectivity index (χ0) is 18.8. The van der Waals surface area contributed by atoms with Crippen LogP contribution in [0.3, 0.4) is 0 Å². The van der Waals surface area contributed by atoms with Crippen LogP contribution in [0.4, 0.5) is 4.79 Å². The lowest BCUT2D eigenvalue weighted by atomic mass is 10.0. The quantitative estimate of drug-likeness (QED) is 0.753. The molecule has 0 spiro atoms. The van der Waals surface area contributed by atoms with E-state index >= 15 is 0 Å². The molecule has 1 aromatic heterocycles. The van der Waals surface area contributed by atoms with Crippen LogP contribution in [0.25, 0.3) is 5.69 Å². The highest BCUT2D eigenvalue weighted by atomic mass is 32.2. The van der Waals surface area contributed by atoms with E-state index in [1.807, 2.05) is 26.2 Å². The number of carbonyl (C=O) groups excluding carboxylic acids is 2. The van der Waals surface area contributed by atoms with Gasteiger partial charge in [-0.05, 0) is 35.4 Å². The van der Waals surface area contributed by atoms with Crippen LogP contribution >= 0.6 is 11.8 Å². The van der Waals surface area contributed by atoms with Crippen molar-refractivity contribution >= 4 is 22.9 Å². The van der Waals surface area contributed by atoms with Crippen LogP contribution in [0.15, 0.2) is 41.6 Å². The summed E-state index contributed by atoms with van der Waals surface area (Å²) >= 11 is 0.939. The minimum atomic E-state index is -0.301. The van der Waals surface area contributed by atoms with Crippen molar-refractivity contribution in [1.82, 2.24) is 24.8 Å². The first-order valence-corrected chi connectivity index (χ1v) is 9.10. The second-order valence-electron chi connectivity index (χ2n) is 6.62. The average molecular weight is 371 g/mol. The molecule has 1 aromatic carbocycles. The first-order chi connectivity index (χ1) is 12.3. The number of rotatable bonds is 5. The van der Waals surface area contributed by atoms with E-state index in [1.165, 1.54) is 10.5 Å². The van der Waals surface area contributed by atoms with Crippen molar-refractivity contribution in [3.63, 3.8) is 0 Å². The molecule has 0 radical (unpaired) electrons. The number of hydrogen-bond acceptors (Lipinski definition) is 6. The minimum absolute atomic E-state index is 0.111. The zero-order valence-corrected chi connectivity index (χ0v) is 16.0. The molecule has 3 rings (SSSR count). The molecule has 0 bridgehead atoms. The van der Waals surface area contributed by atoms with E-state index in [0.717, 1.165) is 17.4 Å². The number of aromatic nitrogens is 3. The minimum Gasteiger partial charge on any atom is -0.382 e. The van der Waals surface area contributed by atoms with Gasteiger partial charge in [0, 0.05) is 20.3 Å². The smallest absolute Gasteiger partial charge is 0.293 e. The van der Waals surface area contributed by atoms with Gasteiger partial charge in [-0.15, -0.1) is 5.10 Å². The summed E-state index contributed by atoms with van der Waals surface area (Å²) in [6.07, 6.45) is 3.39. The molecular formula is C18H21N5O2S. The Hall–Kier alpha value is -2.61. The van der Waals surface area contributed by atoms with Gasteiger partial charge in [-0.1, -0.05) is 31.2 Å². The highest BCUT2D eigenvalue weighted by molar-refractivity contribution is 8.18. The maximum atomic E-state index is 12.4. The Kier molecular flexibility index (Phi) is 5.13. The summed E-state index contributed by atoms with van der Waals surface area (Å²) in [5.74, 6) is 0.161. The Morgan fingerprint density at radius 1 is 1.19 bits per heavy atom. The summed E-state index contributed by atoms with van der Waals surface area (Å²) < 4.78 is 1.65. The third-order valence-corrected chi connectivity index (χ3v) is 4.83. The van der Waals surface area contributed by atoms with Gasteiger partial charge in [0.25, 0.3) is 11.1 Å². The number of hydrogen-bond donors (Lipinski definition) is 0. The first kappa shape index (κ1) is 18.2. The predicted octanol–water partition coefficient (Wildman–Crippen LogP) is 2.99. The number of imide groups is 1. The molecule has 1 aliphatic heterocycles. The highest BCUT2D eigenvalue weighted by Gasteiger charge is 2.35. The topological polar surface area (TPSA) is 71.3 Å². The molecule has 26 heavy (non-hydrogen) atoms. The normalized spacial score (nSPS) is 16.2. The van der Waals surface area contributed by atoms with Crippen LogP contribution in [0, 0.1) is 0 Å². The molecule has 0 unspecified atom stereocenters. The van der Waals surface area contributed by atoms with Crippen LogP contribution in [-0.4, -0.2) is 50.0 Å². The van der Waals surface area contributed by atoms with E-state index < -0.39 is 0 Å². The first-order valence-electron chi connectivity index (χ1n) is 8.28. The average Bonchev–Trinajstić information content (AvgIpc) is 3.15. The van der Waals surface area contributed by atoms with Crippen LogP contribution in [0.5, 0.6) is 0 Å². The van der Waals surface area contributed by atoms with Gasteiger partial charge in [0.05, 0.1) is 23.3 Å². The summed E-state index contributed by atoms with van der Waals surface area (Å²) in [6, 6.07) is 8.08. The van der Waals surface area contributed by atoms with Crippen molar-refractivity contribution < 1.29 is 9.59 Å². The molecule has 0 saturated carbocycles. The van der Waals surface area contributed by atoms with Gasteiger partial charge in [-0.25, -0.2) is 4.68 Å². The number of carbonyl (C=O) groups is 2. The van der Waals surface area contributed by atoms with E-state index in [-0.39, 0.29) is 17.7 Å². The van der Waals surface area contributed by atoms with Gasteiger partial charge < -0.3 is 4.90 Å². The van der Waals surface area contributed by atoms with E-state index in [0.29, 0.717) is 16.5 Å². The van der Waals surface area contributed by atoms with E-state index in [1.54, 1.807) is 22.0 Å². The second kappa shape index (κ2) is 7.33. The molecule has 2 amide bonds. The van der Waals surface area contributed by atoms with Crippen molar-refractivity contribution in [3.8, 4) is 5.69 Å². The Morgan fingerprint density at radius 2 is 1.88 bits per heavy atom. The van der Waals surface area contributed by atoms with Crippen LogP contribution in [-0.2, 0) is 11.3 Å². The van der Waals surface area contributed by atoms with Crippen molar-refractivity contribution in [3.05, 3.63) is 52.8 Å². The summed E-state index contributed by atoms with van der Waals surface area (Å²) in [7, 11) is 3.62. The maximum Gasteiger partial charge on any atom is 0.293 e. The van der Waals surface area contributed by atoms with Crippen molar-refractivity contribution in [2.24, 2.45) is 0 Å². The zero-order valence-electron chi connectivity index (χ0n) is 15.2. The van der Waals surface area contributed by atoms with Gasteiger partial charge in [0.2, 0.25) is 0 Å². The Morgan fingerprint density at radius 3 is 2.50 bits per heavy atom. The largest absolute Gasteiger partial charge is 0.382 e. The number of nitrogens with zero attached hydrogens (tertiary/aromatic N) is 5. The molecule has 7 nitrogen and oxygen atoms in total. The number of benzene rings is 1. The van der Waals surface area contributed by atoms with Crippen molar-refractivity contribution in [2.75, 3.05) is 14.1 Å². The molecule has 2 heterocycles. The van der Waals surface area contributed by atoms with E-state index in [9.17, 15) is 9.59 Å². The maximum absolute atomic E-state index is 12.4. The SMILES string of the molecule is CC(C)c1ccc(-n2cc(CN3C(=O)S/C(=C\N(C)C)C3=O)nn2)cc1. The van der Waals surface area contributed by atoms with E-state index in [4.69, 9.17) is 0 Å². The van der Waals surface area contributed by atoms with Gasteiger partial charge in [0.1, 0.15) is 5.69 Å². The van der Waals surface area contributed by atoms with Crippen LogP contribution in [0.1, 0.15) is 31.0 Å². The summed E-state index contributed by atoms with van der Waals surface area (Å²) in [6.45, 7) is 4.40. The van der Waals surface area contributed by atoms with Crippen LogP contribution in [0.2, 0.25) is 0 Å². The summed E-state index contributed by atoms with van der Waals surface area (Å²) in [5, 5.41) is 7.91. The van der Waals surface area contributed by atoms with Crippen molar-refractivity contribution in [2.45, 2.75) is 26.3 Å². The molecular weight excluding hydrogens is 350 g/mol. The van der Waals surface area contributed by atoms with Crippen molar-refractivity contribution in [1.29, 1.82) is 0 Å². The fourth-order valence-electron chi connectivity index (χ4n) is 2.53. The fraction of sp³-hybridized carbons (Fsp3) is 0.333. The lowest BCUT2D eigenvalue weighted by molar-refractivity contribution is -0.123. The monoisotopic (exact) mass is 371 g/mol. The molecule has 1 saturated heterocycles. The standard InChI is InChI=1S/C18H21N5O2S/c1-12(2)13-5-7-15(8-6-13)23-10-14(19-20-23)9-22-17(24)16(11-21(3)4)26-18(22)25/h5-8,10-12H,9H2,1-4H3/b16-11-. The fourth-order valence-corrected chi connectivity index (χ4v) is 3.44. The predicted molar refractivity (Wildman–Crippen MR) is 101 cm³/mol. The molecule has 0 aliphatic carbocycles. The van der Waals surface area contributed by atoms with Gasteiger partial charge in [-0.2, -0.15) is 0 Å². The molecule has 8 heteroatoms. The molecule has 1 fully saturated rings. The lowest BCUT2D eigenvalue weighted by Gasteiger charge is -2.10. The molecule has 0 N–H and O–H groups in total. The van der Waals surface area contributed by atoms with Gasteiger partial charge >= 0.3 is 0 Å². The second-order valence-corrected chi connectivity index (χ2v) is 7.61. The Bertz CT molecular complexity index is 855. The molecule has 0 atom stereocenters. The van der Waals surface area contributed by atoms with Gasteiger partial charge in [-0.3, -0.25) is 14.5 Å². The Balaban J connectivity index is 1.74. The summed E-state index contributed by atoms with van der Waals surface area (Å²) in [5.41, 5.74) is 2.70. The van der Waals surface area contributed by atoms with Gasteiger partial charge in [0.15, 0.2) is 0 Å².